The van der Waals surface area contributed by atoms with Crippen LogP contribution in [0.15, 0.2) is 48.5 Å². The summed E-state index contributed by atoms with van der Waals surface area (Å²) < 4.78 is 26.1. The van der Waals surface area contributed by atoms with Gasteiger partial charge >= 0.3 is 0 Å². The lowest BCUT2D eigenvalue weighted by atomic mass is 10.2. The van der Waals surface area contributed by atoms with E-state index in [1.54, 1.807) is 4.90 Å². The van der Waals surface area contributed by atoms with Crippen LogP contribution in [0.25, 0.3) is 0 Å². The number of hydrogen-bond donors (Lipinski definition) is 1. The number of piperazine rings is 1. The van der Waals surface area contributed by atoms with Gasteiger partial charge in [-0.2, -0.15) is 0 Å². The monoisotopic (exact) mass is 373 g/mol. The summed E-state index contributed by atoms with van der Waals surface area (Å²) in [5, 5.41) is 2.46. The molecule has 0 unspecified atom stereocenters. The van der Waals surface area contributed by atoms with Crippen molar-refractivity contribution >= 4 is 11.8 Å². The Morgan fingerprint density at radius 3 is 2.30 bits per heavy atom. The van der Waals surface area contributed by atoms with Crippen LogP contribution in [-0.2, 0) is 11.3 Å². The molecule has 2 aromatic rings. The maximum absolute atomic E-state index is 13.2. The highest BCUT2D eigenvalue weighted by Gasteiger charge is 2.21. The van der Waals surface area contributed by atoms with Crippen molar-refractivity contribution in [3.63, 3.8) is 0 Å². The molecular formula is C20H21F2N3O2. The minimum absolute atomic E-state index is 0.0191. The van der Waals surface area contributed by atoms with E-state index in [1.165, 1.54) is 11.6 Å². The Morgan fingerprint density at radius 2 is 1.63 bits per heavy atom. The predicted octanol–water partition coefficient (Wildman–Crippen LogP) is 2.04. The average Bonchev–Trinajstić information content (AvgIpc) is 2.69. The fourth-order valence-corrected chi connectivity index (χ4v) is 3.00. The van der Waals surface area contributed by atoms with Crippen LogP contribution in [-0.4, -0.2) is 54.3 Å². The Balaban J connectivity index is 1.44. The van der Waals surface area contributed by atoms with Gasteiger partial charge in [-0.15, -0.1) is 0 Å². The summed E-state index contributed by atoms with van der Waals surface area (Å²) in [4.78, 5) is 28.2. The molecule has 7 heteroatoms. The first-order valence-electron chi connectivity index (χ1n) is 8.80. The Labute approximate surface area is 156 Å². The van der Waals surface area contributed by atoms with Crippen molar-refractivity contribution in [2.75, 3.05) is 32.7 Å². The zero-order valence-corrected chi connectivity index (χ0v) is 14.8. The summed E-state index contributed by atoms with van der Waals surface area (Å²) in [5.74, 6) is -2.91. The number of carbonyl (C=O) groups is 2. The Kier molecular flexibility index (Phi) is 6.13. The second-order valence-corrected chi connectivity index (χ2v) is 6.45. The van der Waals surface area contributed by atoms with Crippen molar-refractivity contribution < 1.29 is 18.4 Å². The summed E-state index contributed by atoms with van der Waals surface area (Å²) in [6, 6.07) is 13.0. The van der Waals surface area contributed by atoms with Gasteiger partial charge in [0, 0.05) is 38.3 Å². The number of halogens is 2. The minimum atomic E-state index is -1.09. The second kappa shape index (κ2) is 8.73. The summed E-state index contributed by atoms with van der Waals surface area (Å²) in [5.41, 5.74) is 1.21. The van der Waals surface area contributed by atoms with E-state index in [0.717, 1.165) is 31.8 Å². The minimum Gasteiger partial charge on any atom is -0.343 e. The topological polar surface area (TPSA) is 52.7 Å². The SMILES string of the molecule is O=C(NCC(=O)N1CCN(Cc2ccccc2)CC1)c1ccc(F)c(F)c1. The lowest BCUT2D eigenvalue weighted by Gasteiger charge is -2.34. The van der Waals surface area contributed by atoms with Crippen LogP contribution >= 0.6 is 0 Å². The van der Waals surface area contributed by atoms with Gasteiger partial charge in [0.15, 0.2) is 11.6 Å². The molecule has 0 aromatic heterocycles. The molecule has 0 saturated carbocycles. The van der Waals surface area contributed by atoms with E-state index >= 15 is 0 Å². The molecule has 0 aliphatic carbocycles. The van der Waals surface area contributed by atoms with Crippen LogP contribution in [0.3, 0.4) is 0 Å². The zero-order valence-electron chi connectivity index (χ0n) is 14.8. The molecule has 0 radical (unpaired) electrons. The fraction of sp³-hybridized carbons (Fsp3) is 0.300. The molecule has 1 aliphatic rings. The molecule has 1 fully saturated rings. The molecule has 0 atom stereocenters. The molecular weight excluding hydrogens is 352 g/mol. The van der Waals surface area contributed by atoms with Crippen LogP contribution in [0.4, 0.5) is 8.78 Å². The molecule has 2 amide bonds. The van der Waals surface area contributed by atoms with E-state index in [9.17, 15) is 18.4 Å². The first-order chi connectivity index (χ1) is 13.0. The van der Waals surface area contributed by atoms with Gasteiger partial charge in [0.1, 0.15) is 0 Å². The first-order valence-corrected chi connectivity index (χ1v) is 8.80. The van der Waals surface area contributed by atoms with Gasteiger partial charge in [-0.25, -0.2) is 8.78 Å². The van der Waals surface area contributed by atoms with Gasteiger partial charge in [-0.05, 0) is 23.8 Å². The largest absolute Gasteiger partial charge is 0.343 e. The van der Waals surface area contributed by atoms with Gasteiger partial charge in [-0.3, -0.25) is 14.5 Å². The molecule has 1 heterocycles. The van der Waals surface area contributed by atoms with Gasteiger partial charge in [0.05, 0.1) is 6.54 Å². The number of nitrogens with one attached hydrogen (secondary N) is 1. The summed E-state index contributed by atoms with van der Waals surface area (Å²) in [7, 11) is 0. The van der Waals surface area contributed by atoms with Crippen molar-refractivity contribution in [2.45, 2.75) is 6.54 Å². The quantitative estimate of drug-likeness (QED) is 0.873. The molecule has 3 rings (SSSR count). The normalized spacial score (nSPS) is 14.8. The van der Waals surface area contributed by atoms with E-state index in [4.69, 9.17) is 0 Å². The number of rotatable bonds is 5. The Bertz CT molecular complexity index is 806. The van der Waals surface area contributed by atoms with Crippen molar-refractivity contribution in [3.8, 4) is 0 Å². The Hall–Kier alpha value is -2.80. The van der Waals surface area contributed by atoms with Crippen molar-refractivity contribution in [1.82, 2.24) is 15.1 Å². The molecule has 142 valence electrons. The standard InChI is InChI=1S/C20H21F2N3O2/c21-17-7-6-16(12-18(17)22)20(27)23-13-19(26)25-10-8-24(9-11-25)14-15-4-2-1-3-5-15/h1-7,12H,8-11,13-14H2,(H,23,27). The van der Waals surface area contributed by atoms with Gasteiger partial charge in [0.25, 0.3) is 5.91 Å². The lowest BCUT2D eigenvalue weighted by Crippen LogP contribution is -2.50. The first kappa shape index (κ1) is 19.0. The van der Waals surface area contributed by atoms with Crippen LogP contribution < -0.4 is 5.32 Å². The van der Waals surface area contributed by atoms with Crippen molar-refractivity contribution in [2.24, 2.45) is 0 Å². The highest BCUT2D eigenvalue weighted by atomic mass is 19.2. The van der Waals surface area contributed by atoms with Gasteiger partial charge in [0.2, 0.25) is 5.91 Å². The third-order valence-electron chi connectivity index (χ3n) is 4.56. The maximum atomic E-state index is 13.2. The summed E-state index contributed by atoms with van der Waals surface area (Å²) >= 11 is 0. The maximum Gasteiger partial charge on any atom is 0.251 e. The molecule has 1 saturated heterocycles. The third-order valence-corrected chi connectivity index (χ3v) is 4.56. The van der Waals surface area contributed by atoms with Crippen LogP contribution in [0.1, 0.15) is 15.9 Å². The molecule has 2 aromatic carbocycles. The predicted molar refractivity (Wildman–Crippen MR) is 97.0 cm³/mol. The highest BCUT2D eigenvalue weighted by molar-refractivity contribution is 5.96. The zero-order chi connectivity index (χ0) is 19.2. The number of nitrogens with zero attached hydrogens (tertiary/aromatic N) is 2. The number of hydrogen-bond acceptors (Lipinski definition) is 3. The van der Waals surface area contributed by atoms with E-state index in [-0.39, 0.29) is 18.0 Å². The average molecular weight is 373 g/mol. The van der Waals surface area contributed by atoms with Gasteiger partial charge < -0.3 is 10.2 Å². The number of carbonyl (C=O) groups excluding carboxylic acids is 2. The van der Waals surface area contributed by atoms with E-state index in [2.05, 4.69) is 22.3 Å². The number of benzene rings is 2. The van der Waals surface area contributed by atoms with Crippen molar-refractivity contribution in [1.29, 1.82) is 0 Å². The molecule has 5 nitrogen and oxygen atoms in total. The molecule has 0 bridgehead atoms. The molecule has 27 heavy (non-hydrogen) atoms. The van der Waals surface area contributed by atoms with Crippen LogP contribution in [0, 0.1) is 11.6 Å². The van der Waals surface area contributed by atoms with Crippen LogP contribution in [0.5, 0.6) is 0 Å². The van der Waals surface area contributed by atoms with E-state index < -0.39 is 17.5 Å². The van der Waals surface area contributed by atoms with Gasteiger partial charge in [-0.1, -0.05) is 30.3 Å². The fourth-order valence-electron chi connectivity index (χ4n) is 3.00. The summed E-state index contributed by atoms with van der Waals surface area (Å²) in [6.45, 7) is 3.38. The van der Waals surface area contributed by atoms with E-state index in [0.29, 0.717) is 13.1 Å². The molecule has 1 aliphatic heterocycles. The molecule has 1 N–H and O–H groups in total. The number of amides is 2. The summed E-state index contributed by atoms with van der Waals surface area (Å²) in [6.07, 6.45) is 0. The third kappa shape index (κ3) is 5.10. The molecule has 0 spiro atoms. The second-order valence-electron chi connectivity index (χ2n) is 6.45. The van der Waals surface area contributed by atoms with Crippen molar-refractivity contribution in [3.05, 3.63) is 71.3 Å². The Morgan fingerprint density at radius 1 is 0.926 bits per heavy atom. The smallest absolute Gasteiger partial charge is 0.251 e. The highest BCUT2D eigenvalue weighted by Crippen LogP contribution is 2.10. The lowest BCUT2D eigenvalue weighted by molar-refractivity contribution is -0.131. The van der Waals surface area contributed by atoms with Crippen LogP contribution in [0.2, 0.25) is 0 Å². The van der Waals surface area contributed by atoms with E-state index in [1.807, 2.05) is 18.2 Å².